The standard InChI is InChI=1S/C25H33N9O.C25H35N9O.C24H31N9O.C22H29N9O/c35-24(32-10-4-5-11-32)21-16-19-17-28-25(30-23(19)34(21)33-12-2-1-3-13-33)29-22-7-6-20(18-27-22)31-14-8-26-9-15-31;1-3-31(4-2)24(35)21-16-19-17-28-25(30-23(19)34(21)33-12-6-5-7-13-33)29-22-9-8-20(18-27-22)32-14-10-26-11-15-32;34-23(31-9-4-10-31)20-15-18-16-27-24(29-22(18)33(20)32-11-2-1-3-12-32)28-21-6-5-19(17-26-21)30-13-7-25-8-14-30;1-23-21(32)18-13-16-14-26-22(28-20(16)31(18)30-9-3-2-4-10-30)27-19-6-5-17(15-25-19)29-11-7-24-8-12-29/h6-7,16-18,26H,1-5,8-15H2,(H,27,28,29,30);8-9,16-18,26H,3-7,10-15H2,1-2H3,(H,27,28,29,30);5-6,15-17,25H,1-4,7-14H2,(H,26,27,28,29);5-6,13-15,24H,2-4,7-12H2,1H3,(H,23,32)(H,25,26,27,28). The van der Waals surface area contributed by atoms with E-state index in [1.165, 1.54) is 25.7 Å². The van der Waals surface area contributed by atoms with E-state index in [0.717, 1.165) is 321 Å². The summed E-state index contributed by atoms with van der Waals surface area (Å²) in [5, 5.41) is 41.6. The van der Waals surface area contributed by atoms with E-state index in [9.17, 15) is 19.2 Å². The minimum Gasteiger partial charge on any atom is -0.368 e. The molecule has 10 fully saturated rings. The largest absolute Gasteiger partial charge is 0.368 e. The van der Waals surface area contributed by atoms with E-state index in [2.05, 4.69) is 152 Å². The lowest BCUT2D eigenvalue weighted by atomic mass is 10.2. The van der Waals surface area contributed by atoms with Gasteiger partial charge in [-0.15, -0.1) is 0 Å². The van der Waals surface area contributed by atoms with E-state index >= 15 is 0 Å². The topological polar surface area (TPSA) is 387 Å². The van der Waals surface area contributed by atoms with Crippen LogP contribution in [-0.2, 0) is 0 Å². The maximum atomic E-state index is 13.4. The van der Waals surface area contributed by atoms with Gasteiger partial charge in [0.25, 0.3) is 23.6 Å². The van der Waals surface area contributed by atoms with Gasteiger partial charge in [0.1, 0.15) is 46.0 Å². The SMILES string of the molecule is CCN(CC)C(=O)c1cc2cnc(Nc3ccc(N4CCNCC4)cn3)nc2n1N1CCCCC1.CNC(=O)c1cc2cnc(Nc3ccc(N4CCNCC4)cn3)nc2n1N1CCCCC1.O=C(c1cc2cnc(Nc3ccc(N4CCNCC4)cn3)nc2n1N1CCCCC1)N1CCC1.O=C(c1cc2cnc(Nc3ccc(N4CCNCC4)cn3)nc2n1N1CCCCC1)N1CCCC1. The van der Waals surface area contributed by atoms with Crippen LogP contribution in [0.4, 0.5) is 69.8 Å². The smallest absolute Gasteiger partial charge is 0.272 e. The van der Waals surface area contributed by atoms with Crippen molar-refractivity contribution >= 4 is 138 Å². The van der Waals surface area contributed by atoms with E-state index in [0.29, 0.717) is 82.9 Å². The number of likely N-dealkylation sites (tertiary alicyclic amines) is 2. The van der Waals surface area contributed by atoms with Gasteiger partial charge in [0.15, 0.2) is 22.6 Å². The number of fused-ring (bicyclic) bond motifs is 4. The number of nitrogens with zero attached hydrogens (tertiary/aromatic N) is 27. The van der Waals surface area contributed by atoms with Crippen LogP contribution in [0.15, 0.2) is 122 Å². The molecule has 22 rings (SSSR count). The molecule has 136 heavy (non-hydrogen) atoms. The zero-order valence-electron chi connectivity index (χ0n) is 78.6. The third kappa shape index (κ3) is 21.1. The molecule has 0 unspecified atom stereocenters. The first-order chi connectivity index (χ1) is 66.9. The zero-order chi connectivity index (χ0) is 92.6. The van der Waals surface area contributed by atoms with Crippen LogP contribution in [0.2, 0.25) is 0 Å². The third-order valence-electron chi connectivity index (χ3n) is 27.1. The maximum Gasteiger partial charge on any atom is 0.272 e. The van der Waals surface area contributed by atoms with Crippen LogP contribution >= 0.6 is 0 Å². The van der Waals surface area contributed by atoms with Gasteiger partial charge in [-0.25, -0.2) is 58.6 Å². The fourth-order valence-corrected chi connectivity index (χ4v) is 19.5. The molecular weight excluding hydrogens is 1720 g/mol. The lowest BCUT2D eigenvalue weighted by Crippen LogP contribution is -2.46. The summed E-state index contributed by atoms with van der Waals surface area (Å²) in [5.74, 6) is 4.73. The molecule has 12 aromatic rings. The Labute approximate surface area is 792 Å². The average Bonchev–Trinajstić information content (AvgIpc) is 1.46. The second-order valence-electron chi connectivity index (χ2n) is 36.1. The lowest BCUT2D eigenvalue weighted by molar-refractivity contribution is 0.0639. The molecule has 0 aromatic carbocycles. The highest BCUT2D eigenvalue weighted by Crippen LogP contribution is 2.33. The van der Waals surface area contributed by atoms with Crippen LogP contribution in [0.3, 0.4) is 0 Å². The Morgan fingerprint density at radius 2 is 0.559 bits per heavy atom. The Morgan fingerprint density at radius 1 is 0.301 bits per heavy atom. The van der Waals surface area contributed by atoms with E-state index in [4.69, 9.17) is 19.9 Å². The van der Waals surface area contributed by atoms with Crippen molar-refractivity contribution in [3.8, 4) is 0 Å². The number of amides is 4. The van der Waals surface area contributed by atoms with Crippen LogP contribution in [0.5, 0.6) is 0 Å². The summed E-state index contributed by atoms with van der Waals surface area (Å²) in [6.45, 7) is 31.8. The quantitative estimate of drug-likeness (QED) is 0.0308. The molecule has 716 valence electrons. The molecule has 0 spiro atoms. The number of aromatic nitrogens is 16. The summed E-state index contributed by atoms with van der Waals surface area (Å²) in [6.07, 6.45) is 31.7. The van der Waals surface area contributed by atoms with Crippen LogP contribution in [0.25, 0.3) is 44.1 Å². The highest BCUT2D eigenvalue weighted by Gasteiger charge is 2.34. The van der Waals surface area contributed by atoms with Crippen molar-refractivity contribution < 1.29 is 19.2 Å². The van der Waals surface area contributed by atoms with Crippen LogP contribution in [0, 0.1) is 0 Å². The Bertz CT molecular complexity index is 5850. The predicted octanol–water partition coefficient (Wildman–Crippen LogP) is 8.33. The number of nitrogens with one attached hydrogen (secondary N) is 9. The summed E-state index contributed by atoms with van der Waals surface area (Å²) in [7, 11) is 1.65. The van der Waals surface area contributed by atoms with E-state index in [1.54, 1.807) is 31.8 Å². The van der Waals surface area contributed by atoms with Gasteiger partial charge in [0.05, 0.1) is 47.5 Å². The summed E-state index contributed by atoms with van der Waals surface area (Å²) < 4.78 is 8.04. The van der Waals surface area contributed by atoms with Crippen molar-refractivity contribution in [3.05, 3.63) is 145 Å². The molecular formula is C96H128N36O4. The van der Waals surface area contributed by atoms with Gasteiger partial charge < -0.3 is 102 Å². The van der Waals surface area contributed by atoms with Crippen molar-refractivity contribution in [1.82, 2.24) is 120 Å². The number of hydrogen-bond acceptors (Lipinski definition) is 32. The Kier molecular flexibility index (Phi) is 29.2. The number of carbonyl (C=O) groups excluding carboxylic acids is 4. The summed E-state index contributed by atoms with van der Waals surface area (Å²) in [4.78, 5) is 123. The number of rotatable bonds is 22. The molecule has 0 bridgehead atoms. The molecule has 0 radical (unpaired) electrons. The van der Waals surface area contributed by atoms with Crippen LogP contribution in [-0.4, -0.2) is 320 Å². The van der Waals surface area contributed by atoms with Crippen molar-refractivity contribution in [2.45, 2.75) is 110 Å². The molecule has 0 aliphatic carbocycles. The molecule has 0 atom stereocenters. The van der Waals surface area contributed by atoms with Gasteiger partial charge in [-0.2, -0.15) is 19.9 Å². The van der Waals surface area contributed by atoms with Crippen molar-refractivity contribution in [1.29, 1.82) is 0 Å². The first-order valence-corrected chi connectivity index (χ1v) is 49.3. The summed E-state index contributed by atoms with van der Waals surface area (Å²) >= 11 is 0. The van der Waals surface area contributed by atoms with Crippen molar-refractivity contribution in [3.63, 3.8) is 0 Å². The van der Waals surface area contributed by atoms with Gasteiger partial charge in [-0.3, -0.25) is 19.2 Å². The van der Waals surface area contributed by atoms with Crippen molar-refractivity contribution in [2.24, 2.45) is 0 Å². The first kappa shape index (κ1) is 91.5. The lowest BCUT2D eigenvalue weighted by Gasteiger charge is -2.34. The normalized spacial score (nSPS) is 17.8. The van der Waals surface area contributed by atoms with Crippen LogP contribution < -0.4 is 87.5 Å². The fraction of sp³-hybridized carbons (Fsp3) is 0.500. The summed E-state index contributed by atoms with van der Waals surface area (Å²) in [6, 6.07) is 23.8. The molecule has 10 aliphatic rings. The number of piperazine rings is 4. The Morgan fingerprint density at radius 3 is 0.816 bits per heavy atom. The van der Waals surface area contributed by atoms with Crippen molar-refractivity contribution in [2.75, 3.05) is 264 Å². The first-order valence-electron chi connectivity index (χ1n) is 49.3. The van der Waals surface area contributed by atoms with E-state index in [1.807, 2.05) is 121 Å². The Hall–Kier alpha value is -13.6. The second-order valence-corrected chi connectivity index (χ2v) is 36.1. The van der Waals surface area contributed by atoms with Gasteiger partial charge in [-0.1, -0.05) is 0 Å². The predicted molar refractivity (Wildman–Crippen MR) is 534 cm³/mol. The Balaban J connectivity index is 0.000000116. The average molecular weight is 1850 g/mol. The molecule has 40 nitrogen and oxygen atoms in total. The highest BCUT2D eigenvalue weighted by molar-refractivity contribution is 6.01. The van der Waals surface area contributed by atoms with E-state index < -0.39 is 0 Å². The summed E-state index contributed by atoms with van der Waals surface area (Å²) in [5.41, 5.74) is 10.1. The van der Waals surface area contributed by atoms with E-state index in [-0.39, 0.29) is 23.6 Å². The van der Waals surface area contributed by atoms with Crippen LogP contribution in [0.1, 0.15) is 152 Å². The third-order valence-corrected chi connectivity index (χ3v) is 27.1. The molecule has 4 amide bonds. The number of carbonyl (C=O) groups is 4. The number of hydrogen-bond donors (Lipinski definition) is 9. The van der Waals surface area contributed by atoms with Gasteiger partial charge in [0, 0.05) is 250 Å². The maximum absolute atomic E-state index is 13.4. The monoisotopic (exact) mass is 1850 g/mol. The molecule has 10 saturated heterocycles. The molecule has 22 heterocycles. The van der Waals surface area contributed by atoms with Gasteiger partial charge in [0.2, 0.25) is 23.8 Å². The number of pyridine rings is 4. The molecule has 10 aliphatic heterocycles. The fourth-order valence-electron chi connectivity index (χ4n) is 19.5. The minimum absolute atomic E-state index is 0.0262. The van der Waals surface area contributed by atoms with Gasteiger partial charge >= 0.3 is 0 Å². The molecule has 0 saturated carbocycles. The zero-order valence-corrected chi connectivity index (χ0v) is 78.6. The van der Waals surface area contributed by atoms with Gasteiger partial charge in [-0.05, 0) is 183 Å². The molecule has 9 N–H and O–H groups in total. The number of anilines is 12. The molecule has 40 heteroatoms. The highest BCUT2D eigenvalue weighted by atomic mass is 16.2. The number of piperidine rings is 4. The molecule has 12 aromatic heterocycles. The minimum atomic E-state index is -0.131. The second kappa shape index (κ2) is 43.4.